The Hall–Kier alpha value is -2.30. The zero-order chi connectivity index (χ0) is 20.6. The van der Waals surface area contributed by atoms with E-state index in [0.717, 1.165) is 10.6 Å². The van der Waals surface area contributed by atoms with Gasteiger partial charge in [0, 0.05) is 31.3 Å². The van der Waals surface area contributed by atoms with E-state index in [0.29, 0.717) is 30.2 Å². The SMILES string of the molecule is Cc1ncsc1COC1=CC2=C(C(=O)NC3CNCC(F)(F)C3)C(C)NN2C=C1. The Morgan fingerprint density at radius 1 is 1.52 bits per heavy atom. The number of piperidine rings is 1. The lowest BCUT2D eigenvalue weighted by Crippen LogP contribution is -2.54. The van der Waals surface area contributed by atoms with Crippen LogP contribution in [0.2, 0.25) is 0 Å². The van der Waals surface area contributed by atoms with Crippen LogP contribution in [0.1, 0.15) is 23.9 Å². The maximum absolute atomic E-state index is 13.6. The number of nitrogens with zero attached hydrogens (tertiary/aromatic N) is 2. The summed E-state index contributed by atoms with van der Waals surface area (Å²) < 4.78 is 33.1. The van der Waals surface area contributed by atoms with Crippen LogP contribution in [-0.4, -0.2) is 47.0 Å². The number of carbonyl (C=O) groups is 1. The molecule has 2 unspecified atom stereocenters. The summed E-state index contributed by atoms with van der Waals surface area (Å²) >= 11 is 1.53. The largest absolute Gasteiger partial charge is 0.488 e. The molecule has 2 atom stereocenters. The van der Waals surface area contributed by atoms with Crippen LogP contribution < -0.4 is 16.1 Å². The number of rotatable bonds is 5. The Balaban J connectivity index is 1.49. The minimum atomic E-state index is -2.82. The maximum atomic E-state index is 13.6. The molecule has 10 heteroatoms. The van der Waals surface area contributed by atoms with Crippen LogP contribution >= 0.6 is 11.3 Å². The van der Waals surface area contributed by atoms with Gasteiger partial charge in [0.15, 0.2) is 0 Å². The first kappa shape index (κ1) is 20.0. The van der Waals surface area contributed by atoms with Crippen LogP contribution in [-0.2, 0) is 16.1 Å². The third-order valence-corrected chi connectivity index (χ3v) is 5.99. The van der Waals surface area contributed by atoms with E-state index in [2.05, 4.69) is 21.0 Å². The monoisotopic (exact) mass is 423 g/mol. The number of thiazole rings is 1. The zero-order valence-electron chi connectivity index (χ0n) is 16.2. The molecule has 0 aromatic carbocycles. The highest BCUT2D eigenvalue weighted by Crippen LogP contribution is 2.29. The minimum absolute atomic E-state index is 0.258. The molecule has 0 saturated carbocycles. The van der Waals surface area contributed by atoms with Crippen molar-refractivity contribution < 1.29 is 18.3 Å². The maximum Gasteiger partial charge on any atom is 0.262 e. The zero-order valence-corrected chi connectivity index (χ0v) is 17.0. The van der Waals surface area contributed by atoms with Gasteiger partial charge in [0.1, 0.15) is 12.4 Å². The molecular formula is C19H23F2N5O2S. The Morgan fingerprint density at radius 3 is 3.07 bits per heavy atom. The van der Waals surface area contributed by atoms with Gasteiger partial charge >= 0.3 is 0 Å². The van der Waals surface area contributed by atoms with E-state index in [4.69, 9.17) is 4.74 Å². The molecule has 3 aliphatic heterocycles. The van der Waals surface area contributed by atoms with Gasteiger partial charge in [-0.1, -0.05) is 0 Å². The van der Waals surface area contributed by atoms with Gasteiger partial charge in [0.05, 0.1) is 39.9 Å². The summed E-state index contributed by atoms with van der Waals surface area (Å²) in [4.78, 5) is 18.1. The summed E-state index contributed by atoms with van der Waals surface area (Å²) in [5.41, 5.74) is 7.05. The normalized spacial score (nSPS) is 25.7. The first-order valence-electron chi connectivity index (χ1n) is 9.43. The number of ether oxygens (including phenoxy) is 1. The predicted molar refractivity (Wildman–Crippen MR) is 105 cm³/mol. The lowest BCUT2D eigenvalue weighted by Gasteiger charge is -2.30. The highest BCUT2D eigenvalue weighted by Gasteiger charge is 2.39. The van der Waals surface area contributed by atoms with Crippen molar-refractivity contribution in [2.45, 2.75) is 44.9 Å². The van der Waals surface area contributed by atoms with Crippen LogP contribution in [0.4, 0.5) is 8.78 Å². The van der Waals surface area contributed by atoms with Crippen molar-refractivity contribution in [1.82, 2.24) is 26.1 Å². The third-order valence-electron chi connectivity index (χ3n) is 5.08. The summed E-state index contributed by atoms with van der Waals surface area (Å²) in [5.74, 6) is -2.55. The molecule has 1 aromatic rings. The summed E-state index contributed by atoms with van der Waals surface area (Å²) in [6, 6.07) is -0.875. The van der Waals surface area contributed by atoms with Crippen molar-refractivity contribution in [2.75, 3.05) is 13.1 Å². The Kier molecular flexibility index (Phi) is 5.41. The predicted octanol–water partition coefficient (Wildman–Crippen LogP) is 1.96. The molecule has 0 bridgehead atoms. The first-order chi connectivity index (χ1) is 13.8. The molecule has 1 amide bonds. The number of alkyl halides is 2. The van der Waals surface area contributed by atoms with Gasteiger partial charge in [-0.3, -0.25) is 9.80 Å². The summed E-state index contributed by atoms with van der Waals surface area (Å²) in [7, 11) is 0. The van der Waals surface area contributed by atoms with Crippen molar-refractivity contribution in [1.29, 1.82) is 0 Å². The van der Waals surface area contributed by atoms with Crippen LogP contribution in [0.25, 0.3) is 0 Å². The highest BCUT2D eigenvalue weighted by molar-refractivity contribution is 7.09. The molecule has 0 spiro atoms. The molecule has 4 rings (SSSR count). The van der Waals surface area contributed by atoms with Crippen LogP contribution in [0.3, 0.4) is 0 Å². The molecule has 3 aliphatic rings. The smallest absolute Gasteiger partial charge is 0.262 e. The number of hydrogen-bond acceptors (Lipinski definition) is 7. The van der Waals surface area contributed by atoms with E-state index < -0.39 is 12.0 Å². The molecular weight excluding hydrogens is 400 g/mol. The molecule has 7 nitrogen and oxygen atoms in total. The van der Waals surface area contributed by atoms with E-state index in [9.17, 15) is 13.6 Å². The van der Waals surface area contributed by atoms with E-state index in [-0.39, 0.29) is 24.9 Å². The number of hydrogen-bond donors (Lipinski definition) is 3. The molecule has 1 fully saturated rings. The van der Waals surface area contributed by atoms with E-state index in [1.807, 2.05) is 19.9 Å². The van der Waals surface area contributed by atoms with Crippen molar-refractivity contribution >= 4 is 17.2 Å². The Morgan fingerprint density at radius 2 is 2.34 bits per heavy atom. The fraction of sp³-hybridized carbons (Fsp3) is 0.474. The van der Waals surface area contributed by atoms with Gasteiger partial charge in [0.2, 0.25) is 0 Å². The molecule has 156 valence electrons. The lowest BCUT2D eigenvalue weighted by atomic mass is 10.0. The highest BCUT2D eigenvalue weighted by atomic mass is 32.1. The molecule has 29 heavy (non-hydrogen) atoms. The van der Waals surface area contributed by atoms with Gasteiger partial charge in [-0.05, 0) is 19.9 Å². The van der Waals surface area contributed by atoms with Gasteiger partial charge in [-0.15, -0.1) is 11.3 Å². The quantitative estimate of drug-likeness (QED) is 0.672. The third kappa shape index (κ3) is 4.34. The fourth-order valence-corrected chi connectivity index (χ4v) is 4.30. The van der Waals surface area contributed by atoms with Crippen LogP contribution in [0.5, 0.6) is 0 Å². The summed E-state index contributed by atoms with van der Waals surface area (Å²) in [5, 5.41) is 7.17. The van der Waals surface area contributed by atoms with Crippen LogP contribution in [0.15, 0.2) is 40.9 Å². The Bertz CT molecular complexity index is 895. The van der Waals surface area contributed by atoms with E-state index in [1.54, 1.807) is 22.8 Å². The molecule has 4 heterocycles. The second-order valence-corrected chi connectivity index (χ2v) is 8.33. The summed E-state index contributed by atoms with van der Waals surface area (Å²) in [6.07, 6.45) is 5.02. The van der Waals surface area contributed by atoms with Gasteiger partial charge < -0.3 is 15.4 Å². The second kappa shape index (κ2) is 7.85. The number of fused-ring (bicyclic) bond motifs is 1. The average molecular weight is 423 g/mol. The number of allylic oxidation sites excluding steroid dienone is 2. The number of halogens is 2. The summed E-state index contributed by atoms with van der Waals surface area (Å²) in [6.45, 7) is 4.16. The molecule has 1 aromatic heterocycles. The molecule has 0 radical (unpaired) electrons. The number of amides is 1. The second-order valence-electron chi connectivity index (χ2n) is 7.39. The van der Waals surface area contributed by atoms with Crippen molar-refractivity contribution in [3.8, 4) is 0 Å². The Labute approximate surface area is 171 Å². The number of nitrogens with one attached hydrogen (secondary N) is 3. The fourth-order valence-electron chi connectivity index (χ4n) is 3.61. The lowest BCUT2D eigenvalue weighted by molar-refractivity contribution is -0.119. The number of aryl methyl sites for hydroxylation is 1. The minimum Gasteiger partial charge on any atom is -0.488 e. The average Bonchev–Trinajstić information content (AvgIpc) is 3.20. The molecule has 3 N–H and O–H groups in total. The van der Waals surface area contributed by atoms with Gasteiger partial charge in [-0.25, -0.2) is 19.2 Å². The van der Waals surface area contributed by atoms with Gasteiger partial charge in [0.25, 0.3) is 11.8 Å². The number of hydrazine groups is 1. The van der Waals surface area contributed by atoms with Gasteiger partial charge in [-0.2, -0.15) is 0 Å². The standard InChI is InChI=1S/C19H23F2N5O2S/c1-11-16(29-10-23-11)8-28-14-3-4-26-15(5-14)17(12(2)25-26)18(27)24-13-6-19(20,21)9-22-7-13/h3-5,10,12-13,22,25H,6-9H2,1-2H3,(H,24,27). The van der Waals surface area contributed by atoms with Crippen molar-refractivity contribution in [2.24, 2.45) is 0 Å². The van der Waals surface area contributed by atoms with E-state index in [1.165, 1.54) is 11.3 Å². The van der Waals surface area contributed by atoms with Crippen molar-refractivity contribution in [3.05, 3.63) is 51.5 Å². The van der Waals surface area contributed by atoms with E-state index >= 15 is 0 Å². The number of aromatic nitrogens is 1. The van der Waals surface area contributed by atoms with Crippen LogP contribution in [0, 0.1) is 6.92 Å². The molecule has 1 saturated heterocycles. The number of carbonyl (C=O) groups excluding carboxylic acids is 1. The first-order valence-corrected chi connectivity index (χ1v) is 10.3. The molecule has 0 aliphatic carbocycles. The van der Waals surface area contributed by atoms with Crippen molar-refractivity contribution in [3.63, 3.8) is 0 Å². The topological polar surface area (TPSA) is 78.5 Å².